The fraction of sp³-hybridized carbons (Fsp3) is 0.400. The molecule has 0 aromatic heterocycles. The second kappa shape index (κ2) is 4.47. The fourth-order valence-electron chi connectivity index (χ4n) is 2.54. The van der Waals surface area contributed by atoms with Crippen LogP contribution in [-0.4, -0.2) is 29.9 Å². The molecular weight excluding hydrogens is 242 g/mol. The molecule has 3 atom stereocenters. The molecule has 0 radical (unpaired) electrons. The first kappa shape index (κ1) is 12.4. The third-order valence-corrected chi connectivity index (χ3v) is 3.36. The minimum Gasteiger partial charge on any atom is -0.343 e. The summed E-state index contributed by atoms with van der Waals surface area (Å²) in [6, 6.07) is 9.03. The van der Waals surface area contributed by atoms with Crippen molar-refractivity contribution in [1.82, 2.24) is 5.32 Å². The molecule has 4 nitrogen and oxygen atoms in total. The standard InChI is InChI=1S/C15H17NO3/c1-15(2)18-12-9-8-11(13(12)19-15)16-14(17)10-6-4-3-5-7-10/h3-9,11-13H,1-2H3,(H,16,17)/t11-,12-,13+/m0/s1. The molecule has 19 heavy (non-hydrogen) atoms. The third kappa shape index (κ3) is 2.41. The molecule has 1 fully saturated rings. The quantitative estimate of drug-likeness (QED) is 0.825. The lowest BCUT2D eigenvalue weighted by Crippen LogP contribution is -2.43. The molecule has 100 valence electrons. The highest BCUT2D eigenvalue weighted by Gasteiger charge is 2.46. The van der Waals surface area contributed by atoms with Crippen LogP contribution >= 0.6 is 0 Å². The maximum atomic E-state index is 12.1. The molecule has 1 heterocycles. The van der Waals surface area contributed by atoms with E-state index in [9.17, 15) is 4.79 Å². The number of carbonyl (C=O) groups is 1. The van der Waals surface area contributed by atoms with Crippen molar-refractivity contribution in [2.24, 2.45) is 0 Å². The van der Waals surface area contributed by atoms with E-state index in [2.05, 4.69) is 5.32 Å². The molecule has 1 aromatic carbocycles. The Labute approximate surface area is 112 Å². The van der Waals surface area contributed by atoms with Gasteiger partial charge in [-0.2, -0.15) is 0 Å². The molecule has 1 amide bonds. The molecule has 3 rings (SSSR count). The number of nitrogens with one attached hydrogen (secondary N) is 1. The highest BCUT2D eigenvalue weighted by atomic mass is 16.8. The van der Waals surface area contributed by atoms with Gasteiger partial charge in [0.1, 0.15) is 12.2 Å². The summed E-state index contributed by atoms with van der Waals surface area (Å²) in [6.45, 7) is 3.77. The second-order valence-electron chi connectivity index (χ2n) is 5.31. The summed E-state index contributed by atoms with van der Waals surface area (Å²) in [4.78, 5) is 12.1. The van der Waals surface area contributed by atoms with Crippen molar-refractivity contribution < 1.29 is 14.3 Å². The van der Waals surface area contributed by atoms with Gasteiger partial charge in [-0.15, -0.1) is 0 Å². The number of ether oxygens (including phenoxy) is 2. The fourth-order valence-corrected chi connectivity index (χ4v) is 2.54. The molecule has 1 aliphatic carbocycles. The van der Waals surface area contributed by atoms with E-state index in [0.717, 1.165) is 0 Å². The summed E-state index contributed by atoms with van der Waals surface area (Å²) < 4.78 is 11.6. The van der Waals surface area contributed by atoms with E-state index in [0.29, 0.717) is 5.56 Å². The third-order valence-electron chi connectivity index (χ3n) is 3.36. The summed E-state index contributed by atoms with van der Waals surface area (Å²) in [5, 5.41) is 2.97. The van der Waals surface area contributed by atoms with Crippen molar-refractivity contribution >= 4 is 5.91 Å². The summed E-state index contributed by atoms with van der Waals surface area (Å²) >= 11 is 0. The molecule has 1 aromatic rings. The molecule has 1 N–H and O–H groups in total. The van der Waals surface area contributed by atoms with Crippen LogP contribution in [0.1, 0.15) is 24.2 Å². The van der Waals surface area contributed by atoms with E-state index >= 15 is 0 Å². The number of rotatable bonds is 2. The Morgan fingerprint density at radius 1 is 1.16 bits per heavy atom. The molecule has 4 heteroatoms. The SMILES string of the molecule is CC1(C)O[C@@H]2[C@@H](NC(=O)c3ccccc3)C=C[C@@H]2O1. The van der Waals surface area contributed by atoms with Gasteiger partial charge in [0, 0.05) is 5.56 Å². The minimum atomic E-state index is -0.587. The van der Waals surface area contributed by atoms with Gasteiger partial charge < -0.3 is 14.8 Å². The zero-order valence-electron chi connectivity index (χ0n) is 11.0. The predicted molar refractivity (Wildman–Crippen MR) is 70.7 cm³/mol. The van der Waals surface area contributed by atoms with Crippen molar-refractivity contribution in [3.05, 3.63) is 48.0 Å². The van der Waals surface area contributed by atoms with Crippen molar-refractivity contribution in [1.29, 1.82) is 0 Å². The maximum Gasteiger partial charge on any atom is 0.251 e. The second-order valence-corrected chi connectivity index (χ2v) is 5.31. The largest absolute Gasteiger partial charge is 0.343 e. The van der Waals surface area contributed by atoms with Gasteiger partial charge in [-0.25, -0.2) is 0 Å². The van der Waals surface area contributed by atoms with Crippen LogP contribution < -0.4 is 5.32 Å². The highest BCUT2D eigenvalue weighted by Crippen LogP contribution is 2.34. The van der Waals surface area contributed by atoms with Crippen molar-refractivity contribution in [3.63, 3.8) is 0 Å². The van der Waals surface area contributed by atoms with E-state index in [4.69, 9.17) is 9.47 Å². The van der Waals surface area contributed by atoms with Gasteiger partial charge >= 0.3 is 0 Å². The first-order chi connectivity index (χ1) is 9.05. The van der Waals surface area contributed by atoms with Gasteiger partial charge in [0.15, 0.2) is 5.79 Å². The van der Waals surface area contributed by atoms with Gasteiger partial charge in [-0.1, -0.05) is 30.4 Å². The number of fused-ring (bicyclic) bond motifs is 1. The monoisotopic (exact) mass is 259 g/mol. The Hall–Kier alpha value is -1.65. The normalized spacial score (nSPS) is 31.2. The number of benzene rings is 1. The van der Waals surface area contributed by atoms with Crippen LogP contribution in [0.2, 0.25) is 0 Å². The summed E-state index contributed by atoms with van der Waals surface area (Å²) in [6.07, 6.45) is 3.68. The van der Waals surface area contributed by atoms with E-state index in [1.54, 1.807) is 12.1 Å². The molecular formula is C15H17NO3. The van der Waals surface area contributed by atoms with Crippen molar-refractivity contribution in [2.45, 2.75) is 37.9 Å². The number of hydrogen-bond donors (Lipinski definition) is 1. The van der Waals surface area contributed by atoms with Crippen LogP contribution in [0.5, 0.6) is 0 Å². The zero-order valence-corrected chi connectivity index (χ0v) is 11.0. The Morgan fingerprint density at radius 3 is 2.63 bits per heavy atom. The Balaban J connectivity index is 1.69. The first-order valence-corrected chi connectivity index (χ1v) is 6.45. The van der Waals surface area contributed by atoms with Crippen molar-refractivity contribution in [2.75, 3.05) is 0 Å². The van der Waals surface area contributed by atoms with Crippen LogP contribution in [0.25, 0.3) is 0 Å². The topological polar surface area (TPSA) is 47.6 Å². The Morgan fingerprint density at radius 2 is 1.89 bits per heavy atom. The highest BCUT2D eigenvalue weighted by molar-refractivity contribution is 5.94. The van der Waals surface area contributed by atoms with Crippen molar-refractivity contribution in [3.8, 4) is 0 Å². The maximum absolute atomic E-state index is 12.1. The zero-order chi connectivity index (χ0) is 13.5. The van der Waals surface area contributed by atoms with Crippen LogP contribution in [0.4, 0.5) is 0 Å². The van der Waals surface area contributed by atoms with Crippen LogP contribution in [0, 0.1) is 0 Å². The Bertz CT molecular complexity index is 509. The Kier molecular flexibility index (Phi) is 2.92. The summed E-state index contributed by atoms with van der Waals surface area (Å²) in [5.41, 5.74) is 0.650. The average molecular weight is 259 g/mol. The molecule has 0 spiro atoms. The molecule has 1 aliphatic heterocycles. The lowest BCUT2D eigenvalue weighted by atomic mass is 10.1. The lowest BCUT2D eigenvalue weighted by Gasteiger charge is -2.21. The van der Waals surface area contributed by atoms with Crippen LogP contribution in [0.3, 0.4) is 0 Å². The van der Waals surface area contributed by atoms with E-state index in [1.807, 2.05) is 44.2 Å². The summed E-state index contributed by atoms with van der Waals surface area (Å²) in [7, 11) is 0. The minimum absolute atomic E-state index is 0.0731. The predicted octanol–water partition coefficient (Wildman–Crippen LogP) is 1.87. The number of carbonyl (C=O) groups excluding carboxylic acids is 1. The van der Waals surface area contributed by atoms with Gasteiger partial charge in [0.05, 0.1) is 6.04 Å². The molecule has 0 saturated carbocycles. The lowest BCUT2D eigenvalue weighted by molar-refractivity contribution is -0.145. The van der Waals surface area contributed by atoms with Crippen LogP contribution in [0.15, 0.2) is 42.5 Å². The molecule has 0 bridgehead atoms. The number of hydrogen-bond acceptors (Lipinski definition) is 3. The molecule has 1 saturated heterocycles. The van der Waals surface area contributed by atoms with E-state index < -0.39 is 5.79 Å². The van der Waals surface area contributed by atoms with Gasteiger partial charge in [-0.3, -0.25) is 4.79 Å². The number of amides is 1. The van der Waals surface area contributed by atoms with E-state index in [-0.39, 0.29) is 24.2 Å². The van der Waals surface area contributed by atoms with Gasteiger partial charge in [-0.05, 0) is 26.0 Å². The van der Waals surface area contributed by atoms with Gasteiger partial charge in [0.25, 0.3) is 5.91 Å². The molecule has 2 aliphatic rings. The molecule has 0 unspecified atom stereocenters. The first-order valence-electron chi connectivity index (χ1n) is 6.45. The van der Waals surface area contributed by atoms with Crippen LogP contribution in [-0.2, 0) is 9.47 Å². The average Bonchev–Trinajstić information content (AvgIpc) is 2.87. The van der Waals surface area contributed by atoms with E-state index in [1.165, 1.54) is 0 Å². The smallest absolute Gasteiger partial charge is 0.251 e. The summed E-state index contributed by atoms with van der Waals surface area (Å²) in [5.74, 6) is -0.681. The van der Waals surface area contributed by atoms with Gasteiger partial charge in [0.2, 0.25) is 0 Å².